The zero-order valence-electron chi connectivity index (χ0n) is 12.4. The topological polar surface area (TPSA) is 101 Å². The lowest BCUT2D eigenvalue weighted by atomic mass is 10.1. The highest BCUT2D eigenvalue weighted by Gasteiger charge is 2.08. The van der Waals surface area contributed by atoms with E-state index >= 15 is 0 Å². The van der Waals surface area contributed by atoms with E-state index in [0.29, 0.717) is 13.0 Å². The summed E-state index contributed by atoms with van der Waals surface area (Å²) in [6, 6.07) is 6.34. The number of primary sulfonamides is 1. The van der Waals surface area contributed by atoms with Gasteiger partial charge in [-0.05, 0) is 37.0 Å². The van der Waals surface area contributed by atoms with Crippen LogP contribution in [0.3, 0.4) is 0 Å². The number of urea groups is 1. The van der Waals surface area contributed by atoms with Crippen molar-refractivity contribution in [2.75, 3.05) is 6.54 Å². The monoisotopic (exact) mass is 313 g/mol. The molecule has 0 aliphatic heterocycles. The maximum absolute atomic E-state index is 11.6. The molecule has 6 nitrogen and oxygen atoms in total. The zero-order valence-corrected chi connectivity index (χ0v) is 13.2. The van der Waals surface area contributed by atoms with Crippen molar-refractivity contribution in [3.05, 3.63) is 29.8 Å². The van der Waals surface area contributed by atoms with E-state index in [1.54, 1.807) is 12.1 Å². The molecule has 2 amide bonds. The smallest absolute Gasteiger partial charge is 0.315 e. The van der Waals surface area contributed by atoms with Gasteiger partial charge in [-0.25, -0.2) is 18.4 Å². The van der Waals surface area contributed by atoms with Crippen LogP contribution in [-0.4, -0.2) is 27.0 Å². The van der Waals surface area contributed by atoms with Gasteiger partial charge in [-0.1, -0.05) is 26.0 Å². The van der Waals surface area contributed by atoms with E-state index in [4.69, 9.17) is 5.14 Å². The van der Waals surface area contributed by atoms with Crippen molar-refractivity contribution in [1.82, 2.24) is 10.6 Å². The number of carbonyl (C=O) groups excluding carboxylic acids is 1. The van der Waals surface area contributed by atoms with Crippen LogP contribution in [0.15, 0.2) is 29.2 Å². The molecule has 21 heavy (non-hydrogen) atoms. The Morgan fingerprint density at radius 3 is 2.24 bits per heavy atom. The summed E-state index contributed by atoms with van der Waals surface area (Å²) in [5.41, 5.74) is 0.935. The van der Waals surface area contributed by atoms with Gasteiger partial charge in [-0.2, -0.15) is 0 Å². The van der Waals surface area contributed by atoms with Crippen molar-refractivity contribution in [3.8, 4) is 0 Å². The predicted molar refractivity (Wildman–Crippen MR) is 82.4 cm³/mol. The summed E-state index contributed by atoms with van der Waals surface area (Å²) in [5, 5.41) is 10.7. The lowest BCUT2D eigenvalue weighted by Crippen LogP contribution is -2.42. The average molecular weight is 313 g/mol. The maximum Gasteiger partial charge on any atom is 0.315 e. The van der Waals surface area contributed by atoms with Crippen LogP contribution in [0.1, 0.15) is 32.3 Å². The molecule has 0 heterocycles. The summed E-state index contributed by atoms with van der Waals surface area (Å²) in [4.78, 5) is 11.7. The van der Waals surface area contributed by atoms with E-state index in [-0.39, 0.29) is 17.0 Å². The van der Waals surface area contributed by atoms with Crippen molar-refractivity contribution < 1.29 is 13.2 Å². The fourth-order valence-electron chi connectivity index (χ4n) is 1.90. The van der Waals surface area contributed by atoms with Gasteiger partial charge in [0.2, 0.25) is 10.0 Å². The van der Waals surface area contributed by atoms with Crippen LogP contribution in [0.2, 0.25) is 0 Å². The summed E-state index contributed by atoms with van der Waals surface area (Å²) < 4.78 is 22.2. The molecule has 0 aliphatic carbocycles. The second kappa shape index (κ2) is 7.99. The van der Waals surface area contributed by atoms with Gasteiger partial charge >= 0.3 is 6.03 Å². The van der Waals surface area contributed by atoms with Crippen molar-refractivity contribution in [1.29, 1.82) is 0 Å². The van der Waals surface area contributed by atoms with Crippen LogP contribution in [-0.2, 0) is 16.4 Å². The number of rotatable bonds is 7. The number of sulfonamides is 1. The molecule has 0 fully saturated rings. The number of benzene rings is 1. The van der Waals surface area contributed by atoms with Crippen LogP contribution < -0.4 is 15.8 Å². The van der Waals surface area contributed by atoms with Gasteiger partial charge in [-0.3, -0.25) is 0 Å². The van der Waals surface area contributed by atoms with E-state index in [9.17, 15) is 13.2 Å². The summed E-state index contributed by atoms with van der Waals surface area (Å²) in [6.45, 7) is 4.55. The Bertz CT molecular complexity index is 551. The number of amides is 2. The highest BCUT2D eigenvalue weighted by molar-refractivity contribution is 7.89. The normalized spacial score (nSPS) is 11.4. The fraction of sp³-hybridized carbons (Fsp3) is 0.500. The molecule has 0 atom stereocenters. The Balaban J connectivity index is 2.41. The molecule has 118 valence electrons. The third-order valence-electron chi connectivity index (χ3n) is 3.27. The molecule has 7 heteroatoms. The Kier molecular flexibility index (Phi) is 6.64. The average Bonchev–Trinajstić information content (AvgIpc) is 2.44. The fourth-order valence-corrected chi connectivity index (χ4v) is 2.41. The highest BCUT2D eigenvalue weighted by atomic mass is 32.2. The van der Waals surface area contributed by atoms with Gasteiger partial charge in [0.15, 0.2) is 0 Å². The van der Waals surface area contributed by atoms with Crippen LogP contribution in [0.4, 0.5) is 4.79 Å². The molecule has 0 bridgehead atoms. The molecule has 1 aromatic carbocycles. The van der Waals surface area contributed by atoms with E-state index in [1.165, 1.54) is 12.1 Å². The third-order valence-corrected chi connectivity index (χ3v) is 4.20. The first kappa shape index (κ1) is 17.5. The highest BCUT2D eigenvalue weighted by Crippen LogP contribution is 2.08. The van der Waals surface area contributed by atoms with Gasteiger partial charge in [0.05, 0.1) is 4.90 Å². The van der Waals surface area contributed by atoms with Gasteiger partial charge in [-0.15, -0.1) is 0 Å². The standard InChI is InChI=1S/C14H23N3O3S/c1-3-12(4-2)17-14(18)16-10-9-11-5-7-13(8-6-11)21(15,19)20/h5-8,12H,3-4,9-10H2,1-2H3,(H2,15,19,20)(H2,16,17,18). The first-order chi connectivity index (χ1) is 9.86. The number of carbonyl (C=O) groups is 1. The first-order valence-corrected chi connectivity index (χ1v) is 8.57. The second-order valence-corrected chi connectivity index (χ2v) is 6.41. The Hall–Kier alpha value is -1.60. The minimum atomic E-state index is -3.65. The largest absolute Gasteiger partial charge is 0.338 e. The first-order valence-electron chi connectivity index (χ1n) is 7.03. The third kappa shape index (κ3) is 6.14. The van der Waals surface area contributed by atoms with Gasteiger partial charge in [0, 0.05) is 12.6 Å². The van der Waals surface area contributed by atoms with Crippen molar-refractivity contribution >= 4 is 16.1 Å². The summed E-state index contributed by atoms with van der Waals surface area (Å²) >= 11 is 0. The number of hydrogen-bond donors (Lipinski definition) is 3. The lowest BCUT2D eigenvalue weighted by molar-refractivity contribution is 0.236. The summed E-state index contributed by atoms with van der Waals surface area (Å²) in [6.07, 6.45) is 2.43. The Labute approximate surface area is 126 Å². The zero-order chi connectivity index (χ0) is 15.9. The van der Waals surface area contributed by atoms with Gasteiger partial charge in [0.25, 0.3) is 0 Å². The van der Waals surface area contributed by atoms with Gasteiger partial charge < -0.3 is 10.6 Å². The van der Waals surface area contributed by atoms with Crippen LogP contribution in [0.5, 0.6) is 0 Å². The molecular formula is C14H23N3O3S. The van der Waals surface area contributed by atoms with Crippen molar-refractivity contribution in [3.63, 3.8) is 0 Å². The van der Waals surface area contributed by atoms with E-state index in [1.807, 2.05) is 13.8 Å². The van der Waals surface area contributed by atoms with Crippen molar-refractivity contribution in [2.45, 2.75) is 44.0 Å². The van der Waals surface area contributed by atoms with E-state index < -0.39 is 10.0 Å². The van der Waals surface area contributed by atoms with Crippen LogP contribution in [0.25, 0.3) is 0 Å². The molecule has 0 unspecified atom stereocenters. The molecule has 0 saturated carbocycles. The SMILES string of the molecule is CCC(CC)NC(=O)NCCc1ccc(S(N)(=O)=O)cc1. The van der Waals surface area contributed by atoms with Crippen LogP contribution in [0, 0.1) is 0 Å². The molecule has 0 radical (unpaired) electrons. The van der Waals surface area contributed by atoms with Crippen molar-refractivity contribution in [2.24, 2.45) is 5.14 Å². The maximum atomic E-state index is 11.6. The molecular weight excluding hydrogens is 290 g/mol. The number of hydrogen-bond acceptors (Lipinski definition) is 3. The molecule has 0 saturated heterocycles. The minimum Gasteiger partial charge on any atom is -0.338 e. The summed E-state index contributed by atoms with van der Waals surface area (Å²) in [7, 11) is -3.65. The Morgan fingerprint density at radius 1 is 1.19 bits per heavy atom. The number of nitrogens with two attached hydrogens (primary N) is 1. The molecule has 0 spiro atoms. The minimum absolute atomic E-state index is 0.0886. The lowest BCUT2D eigenvalue weighted by Gasteiger charge is -2.15. The van der Waals surface area contributed by atoms with E-state index in [0.717, 1.165) is 18.4 Å². The second-order valence-electron chi connectivity index (χ2n) is 4.85. The summed E-state index contributed by atoms with van der Waals surface area (Å²) in [5.74, 6) is 0. The van der Waals surface area contributed by atoms with Gasteiger partial charge in [0.1, 0.15) is 0 Å². The van der Waals surface area contributed by atoms with Crippen LogP contribution >= 0.6 is 0 Å². The predicted octanol–water partition coefficient (Wildman–Crippen LogP) is 1.36. The molecule has 0 aromatic heterocycles. The molecule has 4 N–H and O–H groups in total. The Morgan fingerprint density at radius 2 is 1.76 bits per heavy atom. The number of nitrogens with one attached hydrogen (secondary N) is 2. The molecule has 0 aliphatic rings. The molecule has 1 aromatic rings. The molecule has 1 rings (SSSR count). The quantitative estimate of drug-likeness (QED) is 0.708. The van der Waals surface area contributed by atoms with E-state index in [2.05, 4.69) is 10.6 Å².